The number of carbonyl (C=O) groups excluding carboxylic acids is 1. The Morgan fingerprint density at radius 3 is 2.91 bits per heavy atom. The molecule has 1 aliphatic rings. The van der Waals surface area contributed by atoms with Gasteiger partial charge < -0.3 is 9.64 Å². The van der Waals surface area contributed by atoms with Crippen molar-refractivity contribution in [1.29, 1.82) is 0 Å². The molecule has 0 saturated carbocycles. The SMILES string of the molecule is COCC1CCCN(C(=O)c2ccc(-c3cnn(C)c3)nc2)C1. The number of ether oxygens (including phenoxy) is 1. The van der Waals surface area contributed by atoms with Crippen LogP contribution in [0.3, 0.4) is 0 Å². The molecule has 1 unspecified atom stereocenters. The van der Waals surface area contributed by atoms with Gasteiger partial charge >= 0.3 is 0 Å². The summed E-state index contributed by atoms with van der Waals surface area (Å²) in [6.07, 6.45) is 7.48. The predicted octanol–water partition coefficient (Wildman–Crippen LogP) is 1.98. The highest BCUT2D eigenvalue weighted by Crippen LogP contribution is 2.20. The number of aryl methyl sites for hydroxylation is 1. The molecule has 0 bridgehead atoms. The number of nitrogens with zero attached hydrogens (tertiary/aromatic N) is 4. The zero-order valence-electron chi connectivity index (χ0n) is 13.6. The molecular weight excluding hydrogens is 292 g/mol. The average Bonchev–Trinajstić information content (AvgIpc) is 3.01. The minimum atomic E-state index is 0.0519. The Morgan fingerprint density at radius 2 is 2.26 bits per heavy atom. The molecule has 1 aliphatic heterocycles. The van der Waals surface area contributed by atoms with Crippen molar-refractivity contribution in [2.75, 3.05) is 26.8 Å². The number of aromatic nitrogens is 3. The quantitative estimate of drug-likeness (QED) is 0.866. The highest BCUT2D eigenvalue weighted by Gasteiger charge is 2.24. The van der Waals surface area contributed by atoms with Gasteiger partial charge in [-0.05, 0) is 30.9 Å². The zero-order valence-corrected chi connectivity index (χ0v) is 13.6. The lowest BCUT2D eigenvalue weighted by molar-refractivity contribution is 0.0570. The fourth-order valence-corrected chi connectivity index (χ4v) is 3.05. The predicted molar refractivity (Wildman–Crippen MR) is 86.9 cm³/mol. The van der Waals surface area contributed by atoms with Crippen molar-refractivity contribution in [2.45, 2.75) is 12.8 Å². The summed E-state index contributed by atoms with van der Waals surface area (Å²) in [6, 6.07) is 3.72. The Morgan fingerprint density at radius 1 is 1.39 bits per heavy atom. The van der Waals surface area contributed by atoms with E-state index in [2.05, 4.69) is 10.1 Å². The van der Waals surface area contributed by atoms with Gasteiger partial charge in [0.25, 0.3) is 5.91 Å². The van der Waals surface area contributed by atoms with Crippen LogP contribution in [0.2, 0.25) is 0 Å². The number of piperidine rings is 1. The maximum atomic E-state index is 12.6. The van der Waals surface area contributed by atoms with Crippen LogP contribution in [0.25, 0.3) is 11.3 Å². The summed E-state index contributed by atoms with van der Waals surface area (Å²) in [4.78, 5) is 18.9. The minimum Gasteiger partial charge on any atom is -0.384 e. The monoisotopic (exact) mass is 314 g/mol. The Bertz CT molecular complexity index is 663. The van der Waals surface area contributed by atoms with Gasteiger partial charge in [-0.2, -0.15) is 5.10 Å². The Labute approximate surface area is 136 Å². The highest BCUT2D eigenvalue weighted by molar-refractivity contribution is 5.94. The summed E-state index contributed by atoms with van der Waals surface area (Å²) >= 11 is 0. The molecule has 1 atom stereocenters. The van der Waals surface area contributed by atoms with Gasteiger partial charge in [-0.25, -0.2) is 0 Å². The third-order valence-corrected chi connectivity index (χ3v) is 4.22. The first kappa shape index (κ1) is 15.7. The van der Waals surface area contributed by atoms with E-state index in [9.17, 15) is 4.79 Å². The largest absolute Gasteiger partial charge is 0.384 e. The van der Waals surface area contributed by atoms with Crippen LogP contribution in [0.1, 0.15) is 23.2 Å². The number of likely N-dealkylation sites (tertiary alicyclic amines) is 1. The van der Waals surface area contributed by atoms with E-state index in [1.807, 2.05) is 30.3 Å². The average molecular weight is 314 g/mol. The lowest BCUT2D eigenvalue weighted by atomic mass is 9.98. The highest BCUT2D eigenvalue weighted by atomic mass is 16.5. The molecule has 1 saturated heterocycles. The molecule has 0 N–H and O–H groups in total. The molecule has 6 heteroatoms. The molecule has 0 aromatic carbocycles. The van der Waals surface area contributed by atoms with Crippen molar-refractivity contribution >= 4 is 5.91 Å². The van der Waals surface area contributed by atoms with Crippen molar-refractivity contribution in [2.24, 2.45) is 13.0 Å². The van der Waals surface area contributed by atoms with Crippen LogP contribution in [-0.4, -0.2) is 52.4 Å². The molecule has 122 valence electrons. The van der Waals surface area contributed by atoms with Crippen LogP contribution in [-0.2, 0) is 11.8 Å². The molecule has 0 aliphatic carbocycles. The van der Waals surface area contributed by atoms with Crippen molar-refractivity contribution in [3.63, 3.8) is 0 Å². The number of hydrogen-bond acceptors (Lipinski definition) is 4. The molecule has 3 rings (SSSR count). The molecule has 1 fully saturated rings. The topological polar surface area (TPSA) is 60.2 Å². The first-order valence-electron chi connectivity index (χ1n) is 7.90. The van der Waals surface area contributed by atoms with Crippen LogP contribution in [0, 0.1) is 5.92 Å². The maximum absolute atomic E-state index is 12.6. The van der Waals surface area contributed by atoms with E-state index in [0.717, 1.165) is 37.2 Å². The van der Waals surface area contributed by atoms with Gasteiger partial charge in [0.05, 0.1) is 24.1 Å². The van der Waals surface area contributed by atoms with Crippen LogP contribution in [0.15, 0.2) is 30.7 Å². The standard InChI is InChI=1S/C17H22N4O2/c1-20-11-15(9-19-20)16-6-5-14(8-18-16)17(22)21-7-3-4-13(10-21)12-23-2/h5-6,8-9,11,13H,3-4,7,10,12H2,1-2H3. The van der Waals surface area contributed by atoms with Gasteiger partial charge in [0.1, 0.15) is 0 Å². The maximum Gasteiger partial charge on any atom is 0.255 e. The molecular formula is C17H22N4O2. The summed E-state index contributed by atoms with van der Waals surface area (Å²) in [5.41, 5.74) is 2.41. The molecule has 0 radical (unpaired) electrons. The fourth-order valence-electron chi connectivity index (χ4n) is 3.05. The number of rotatable bonds is 4. The normalized spacial score (nSPS) is 18.2. The molecule has 3 heterocycles. The van der Waals surface area contributed by atoms with E-state index in [0.29, 0.717) is 18.1 Å². The molecule has 0 spiro atoms. The number of amides is 1. The van der Waals surface area contributed by atoms with Gasteiger partial charge in [0, 0.05) is 45.2 Å². The minimum absolute atomic E-state index is 0.0519. The van der Waals surface area contributed by atoms with Gasteiger partial charge in [0.15, 0.2) is 0 Å². The lowest BCUT2D eigenvalue weighted by Gasteiger charge is -2.32. The second-order valence-electron chi connectivity index (χ2n) is 6.05. The van der Waals surface area contributed by atoms with Gasteiger partial charge in [-0.15, -0.1) is 0 Å². The molecule has 2 aromatic heterocycles. The van der Waals surface area contributed by atoms with Crippen molar-refractivity contribution in [3.8, 4) is 11.3 Å². The second kappa shape index (κ2) is 6.91. The molecule has 1 amide bonds. The van der Waals surface area contributed by atoms with Crippen molar-refractivity contribution in [3.05, 3.63) is 36.3 Å². The summed E-state index contributed by atoms with van der Waals surface area (Å²) in [7, 11) is 3.58. The first-order valence-corrected chi connectivity index (χ1v) is 7.90. The van der Waals surface area contributed by atoms with E-state index in [1.54, 1.807) is 24.2 Å². The van der Waals surface area contributed by atoms with E-state index in [-0.39, 0.29) is 5.91 Å². The fraction of sp³-hybridized carbons (Fsp3) is 0.471. The van der Waals surface area contributed by atoms with E-state index in [4.69, 9.17) is 4.74 Å². The van der Waals surface area contributed by atoms with Gasteiger partial charge in [-0.3, -0.25) is 14.5 Å². The smallest absolute Gasteiger partial charge is 0.255 e. The van der Waals surface area contributed by atoms with E-state index in [1.165, 1.54) is 0 Å². The summed E-state index contributed by atoms with van der Waals surface area (Å²) in [6.45, 7) is 2.28. The summed E-state index contributed by atoms with van der Waals surface area (Å²) < 4.78 is 6.96. The lowest BCUT2D eigenvalue weighted by Crippen LogP contribution is -2.41. The summed E-state index contributed by atoms with van der Waals surface area (Å²) in [5.74, 6) is 0.483. The summed E-state index contributed by atoms with van der Waals surface area (Å²) in [5, 5.41) is 4.14. The molecule has 6 nitrogen and oxygen atoms in total. The number of methoxy groups -OCH3 is 1. The third kappa shape index (κ3) is 3.59. The Kier molecular flexibility index (Phi) is 4.71. The molecule has 23 heavy (non-hydrogen) atoms. The first-order chi connectivity index (χ1) is 11.2. The second-order valence-corrected chi connectivity index (χ2v) is 6.05. The van der Waals surface area contributed by atoms with Gasteiger partial charge in [-0.1, -0.05) is 0 Å². The number of hydrogen-bond donors (Lipinski definition) is 0. The van der Waals surface area contributed by atoms with Crippen molar-refractivity contribution in [1.82, 2.24) is 19.7 Å². The molecule has 2 aromatic rings. The number of carbonyl (C=O) groups is 1. The van der Waals surface area contributed by atoms with E-state index >= 15 is 0 Å². The Hall–Kier alpha value is -2.21. The van der Waals surface area contributed by atoms with Crippen LogP contribution >= 0.6 is 0 Å². The van der Waals surface area contributed by atoms with Gasteiger partial charge in [0.2, 0.25) is 0 Å². The van der Waals surface area contributed by atoms with Crippen molar-refractivity contribution < 1.29 is 9.53 Å². The zero-order chi connectivity index (χ0) is 16.2. The number of pyridine rings is 1. The van der Waals surface area contributed by atoms with Crippen LogP contribution in [0.5, 0.6) is 0 Å². The van der Waals surface area contributed by atoms with E-state index < -0.39 is 0 Å². The van der Waals surface area contributed by atoms with Crippen LogP contribution in [0.4, 0.5) is 0 Å². The third-order valence-electron chi connectivity index (χ3n) is 4.22. The Balaban J connectivity index is 1.70. The van der Waals surface area contributed by atoms with Crippen LogP contribution < -0.4 is 0 Å².